The van der Waals surface area contributed by atoms with Crippen LogP contribution in [0.4, 0.5) is 0 Å². The third-order valence-corrected chi connectivity index (χ3v) is 9.23. The van der Waals surface area contributed by atoms with Crippen molar-refractivity contribution < 1.29 is 28.8 Å². The molecule has 0 aliphatic carbocycles. The molecule has 0 aromatic heterocycles. The summed E-state index contributed by atoms with van der Waals surface area (Å²) in [6.45, 7) is 3.82. The van der Waals surface area contributed by atoms with E-state index in [0.29, 0.717) is 66.1 Å². The van der Waals surface area contributed by atoms with E-state index in [4.69, 9.17) is 23.7 Å². The van der Waals surface area contributed by atoms with Gasteiger partial charge in [-0.2, -0.15) is 0 Å². The van der Waals surface area contributed by atoms with Crippen LogP contribution in [0.1, 0.15) is 11.1 Å². The van der Waals surface area contributed by atoms with Gasteiger partial charge in [0.15, 0.2) is 10.9 Å². The van der Waals surface area contributed by atoms with Gasteiger partial charge in [-0.05, 0) is 47.9 Å². The van der Waals surface area contributed by atoms with Crippen LogP contribution in [0.3, 0.4) is 0 Å². The first-order chi connectivity index (χ1) is 20.7. The third-order valence-electron chi connectivity index (χ3n) is 9.23. The summed E-state index contributed by atoms with van der Waals surface area (Å²) in [5.74, 6) is 1.96. The molecule has 1 N–H and O–H groups in total. The standard InChI is InChI=1S/C35H26O8/c1-12-8-14(36)22-28-20(12)21-13(2)9-15(37)23-29(21)33-31-26(18(40-4)11-19(41-5)27(31)35(23)43-7)25-17(39-3)10-16(38)24(34(22)42-6)30(25)32(28)33/h8-11,38H,1-7H3. The molecule has 0 unspecified atom stereocenters. The van der Waals surface area contributed by atoms with Crippen LogP contribution in [0, 0.1) is 13.8 Å². The van der Waals surface area contributed by atoms with Crippen molar-refractivity contribution in [3.8, 4) is 34.5 Å². The minimum atomic E-state index is -0.223. The Kier molecular flexibility index (Phi) is 4.85. The lowest BCUT2D eigenvalue weighted by molar-refractivity contribution is 0.396. The molecule has 0 heterocycles. The van der Waals surface area contributed by atoms with Crippen molar-refractivity contribution in [1.29, 1.82) is 0 Å². The molecule has 0 aliphatic heterocycles. The van der Waals surface area contributed by atoms with Crippen molar-refractivity contribution in [2.75, 3.05) is 35.5 Å². The Balaban J connectivity index is 2.00. The molecular weight excluding hydrogens is 548 g/mol. The lowest BCUT2D eigenvalue weighted by Crippen LogP contribution is -2.10. The second kappa shape index (κ2) is 8.19. The van der Waals surface area contributed by atoms with E-state index in [1.165, 1.54) is 13.2 Å². The van der Waals surface area contributed by atoms with Gasteiger partial charge in [0.1, 0.15) is 34.5 Å². The van der Waals surface area contributed by atoms with E-state index in [2.05, 4.69) is 0 Å². The molecule has 0 amide bonds. The molecule has 0 spiro atoms. The van der Waals surface area contributed by atoms with Gasteiger partial charge in [0.05, 0.1) is 57.1 Å². The molecule has 0 bridgehead atoms. The van der Waals surface area contributed by atoms with Crippen LogP contribution in [-0.2, 0) is 0 Å². The normalized spacial score (nSPS) is 12.3. The number of ether oxygens (including phenoxy) is 5. The summed E-state index contributed by atoms with van der Waals surface area (Å²) >= 11 is 0. The first-order valence-electron chi connectivity index (χ1n) is 13.8. The Labute approximate surface area is 243 Å². The van der Waals surface area contributed by atoms with Gasteiger partial charge in [-0.25, -0.2) is 0 Å². The molecule has 8 nitrogen and oxygen atoms in total. The van der Waals surface area contributed by atoms with Gasteiger partial charge in [0, 0.05) is 55.2 Å². The highest BCUT2D eigenvalue weighted by Gasteiger charge is 2.34. The molecular formula is C35H26O8. The molecule has 8 heteroatoms. The third kappa shape index (κ3) is 2.68. The molecule has 214 valence electrons. The first-order valence-corrected chi connectivity index (χ1v) is 13.8. The van der Waals surface area contributed by atoms with E-state index in [-0.39, 0.29) is 22.4 Å². The van der Waals surface area contributed by atoms with Crippen molar-refractivity contribution in [3.63, 3.8) is 0 Å². The molecule has 0 aliphatic rings. The van der Waals surface area contributed by atoms with E-state index >= 15 is 0 Å². The van der Waals surface area contributed by atoms with Crippen LogP contribution in [0.15, 0.2) is 33.9 Å². The van der Waals surface area contributed by atoms with Crippen molar-refractivity contribution in [3.05, 3.63) is 55.8 Å². The topological polar surface area (TPSA) is 101 Å². The second-order valence-electron chi connectivity index (χ2n) is 11.1. The lowest BCUT2D eigenvalue weighted by Gasteiger charge is -2.27. The zero-order chi connectivity index (χ0) is 30.2. The number of phenolic OH excluding ortho intramolecular Hbond substituents is 1. The zero-order valence-electron chi connectivity index (χ0n) is 24.6. The fourth-order valence-electron chi connectivity index (χ4n) is 7.79. The number of fused-ring (bicyclic) bond motifs is 2. The quantitative estimate of drug-likeness (QED) is 0.181. The molecule has 43 heavy (non-hydrogen) atoms. The largest absolute Gasteiger partial charge is 0.507 e. The average Bonchev–Trinajstić information content (AvgIpc) is 3.00. The van der Waals surface area contributed by atoms with Gasteiger partial charge in [-0.15, -0.1) is 0 Å². The number of aryl methyl sites for hydroxylation is 2. The number of methoxy groups -OCH3 is 5. The van der Waals surface area contributed by atoms with Crippen LogP contribution < -0.4 is 34.5 Å². The Morgan fingerprint density at radius 3 is 1.26 bits per heavy atom. The Hall–Kier alpha value is -5.24. The number of hydrogen-bond acceptors (Lipinski definition) is 8. The van der Waals surface area contributed by atoms with E-state index in [1.807, 2.05) is 13.8 Å². The van der Waals surface area contributed by atoms with Crippen molar-refractivity contribution >= 4 is 75.4 Å². The molecule has 8 aromatic rings. The minimum absolute atomic E-state index is 0.0939. The van der Waals surface area contributed by atoms with Gasteiger partial charge in [0.25, 0.3) is 0 Å². The number of phenols is 1. The number of aromatic hydroxyl groups is 1. The summed E-state index contributed by atoms with van der Waals surface area (Å²) in [5.41, 5.74) is 1.14. The monoisotopic (exact) mass is 574 g/mol. The molecule has 0 atom stereocenters. The zero-order valence-corrected chi connectivity index (χ0v) is 24.6. The number of rotatable bonds is 5. The predicted molar refractivity (Wildman–Crippen MR) is 170 cm³/mol. The lowest BCUT2D eigenvalue weighted by atomic mass is 9.77. The molecule has 0 radical (unpaired) electrons. The summed E-state index contributed by atoms with van der Waals surface area (Å²) in [5, 5.41) is 20.7. The maximum absolute atomic E-state index is 13.9. The molecule has 8 aromatic carbocycles. The summed E-state index contributed by atoms with van der Waals surface area (Å²) in [4.78, 5) is 27.8. The van der Waals surface area contributed by atoms with Crippen LogP contribution in [-0.4, -0.2) is 40.7 Å². The van der Waals surface area contributed by atoms with Crippen molar-refractivity contribution in [2.24, 2.45) is 0 Å². The minimum Gasteiger partial charge on any atom is -0.507 e. The van der Waals surface area contributed by atoms with Crippen LogP contribution in [0.25, 0.3) is 75.4 Å². The highest BCUT2D eigenvalue weighted by Crippen LogP contribution is 2.60. The van der Waals surface area contributed by atoms with E-state index < -0.39 is 0 Å². The molecule has 8 rings (SSSR count). The van der Waals surface area contributed by atoms with Crippen LogP contribution >= 0.6 is 0 Å². The summed E-state index contributed by atoms with van der Waals surface area (Å²) in [6.07, 6.45) is 0. The van der Waals surface area contributed by atoms with Gasteiger partial charge in [0.2, 0.25) is 0 Å². The van der Waals surface area contributed by atoms with Gasteiger partial charge in [-0.3, -0.25) is 9.59 Å². The fraction of sp³-hybridized carbons (Fsp3) is 0.200. The van der Waals surface area contributed by atoms with E-state index in [0.717, 1.165) is 43.4 Å². The maximum Gasteiger partial charge on any atom is 0.190 e. The predicted octanol–water partition coefficient (Wildman–Crippen LogP) is 6.60. The van der Waals surface area contributed by atoms with Crippen LogP contribution in [0.2, 0.25) is 0 Å². The average molecular weight is 575 g/mol. The SMILES string of the molecule is COc1cc(OC)c2c3c(OC)cc(O)c4c(OC)c5c(=O)cc(C)c6c7c(C)cc(=O)c8c(OC)c1c2c(c87)c(c43)c56. The van der Waals surface area contributed by atoms with E-state index in [1.54, 1.807) is 46.6 Å². The Bertz CT molecular complexity index is 2600. The first kappa shape index (κ1) is 25.5. The highest BCUT2D eigenvalue weighted by molar-refractivity contribution is 6.52. The second-order valence-corrected chi connectivity index (χ2v) is 11.1. The van der Waals surface area contributed by atoms with Crippen LogP contribution in [0.5, 0.6) is 34.5 Å². The summed E-state index contributed by atoms with van der Waals surface area (Å²) < 4.78 is 29.8. The molecule has 0 saturated carbocycles. The Morgan fingerprint density at radius 2 is 0.791 bits per heavy atom. The summed E-state index contributed by atoms with van der Waals surface area (Å²) in [7, 11) is 7.73. The maximum atomic E-state index is 13.9. The number of benzene rings is 8. The van der Waals surface area contributed by atoms with Crippen molar-refractivity contribution in [1.82, 2.24) is 0 Å². The number of hydrogen-bond donors (Lipinski definition) is 1. The van der Waals surface area contributed by atoms with Gasteiger partial charge in [-0.1, -0.05) is 0 Å². The van der Waals surface area contributed by atoms with Gasteiger partial charge >= 0.3 is 0 Å². The molecule has 0 fully saturated rings. The molecule has 0 saturated heterocycles. The smallest absolute Gasteiger partial charge is 0.190 e. The summed E-state index contributed by atoms with van der Waals surface area (Å²) in [6, 6.07) is 6.53. The van der Waals surface area contributed by atoms with Crippen molar-refractivity contribution in [2.45, 2.75) is 13.8 Å². The van der Waals surface area contributed by atoms with E-state index in [9.17, 15) is 14.7 Å². The highest BCUT2D eigenvalue weighted by atomic mass is 16.5. The van der Waals surface area contributed by atoms with Gasteiger partial charge < -0.3 is 28.8 Å². The fourth-order valence-corrected chi connectivity index (χ4v) is 7.79. The Morgan fingerprint density at radius 1 is 0.419 bits per heavy atom.